The van der Waals surface area contributed by atoms with Gasteiger partial charge in [0.25, 0.3) is 0 Å². The predicted molar refractivity (Wildman–Crippen MR) is 91.1 cm³/mol. The third-order valence-corrected chi connectivity index (χ3v) is 8.42. The van der Waals surface area contributed by atoms with Gasteiger partial charge in [-0.1, -0.05) is 38.5 Å². The maximum Gasteiger partial charge on any atom is 0.471 e. The largest absolute Gasteiger partial charge is 0.471 e. The molecule has 0 aromatic heterocycles. The van der Waals surface area contributed by atoms with Crippen LogP contribution in [-0.2, 0) is 9.36 Å². The Labute approximate surface area is 147 Å². The molecule has 0 heterocycles. The van der Waals surface area contributed by atoms with Crippen LogP contribution in [0.2, 0.25) is 0 Å². The van der Waals surface area contributed by atoms with Crippen LogP contribution in [0.1, 0.15) is 64.2 Å². The SMILES string of the molecule is CN(C1CCCCC1)P(=O)(NC(=O)C(F)(F)F)N(C)C1CCCCC1. The fourth-order valence-electron chi connectivity index (χ4n) is 3.93. The molecule has 1 N–H and O–H groups in total. The molecule has 2 rings (SSSR count). The van der Waals surface area contributed by atoms with E-state index in [9.17, 15) is 22.5 Å². The van der Waals surface area contributed by atoms with Crippen molar-refractivity contribution in [1.82, 2.24) is 14.4 Å². The second kappa shape index (κ2) is 8.40. The lowest BCUT2D eigenvalue weighted by Crippen LogP contribution is -2.48. The van der Waals surface area contributed by atoms with Gasteiger partial charge in [-0.15, -0.1) is 0 Å². The van der Waals surface area contributed by atoms with Crippen LogP contribution in [-0.4, -0.2) is 47.6 Å². The Bertz CT molecular complexity index is 475. The van der Waals surface area contributed by atoms with Gasteiger partial charge in [0.1, 0.15) is 0 Å². The van der Waals surface area contributed by atoms with Gasteiger partial charge >= 0.3 is 19.7 Å². The van der Waals surface area contributed by atoms with Gasteiger partial charge in [-0.25, -0.2) is 9.34 Å². The molecule has 146 valence electrons. The molecule has 0 radical (unpaired) electrons. The van der Waals surface area contributed by atoms with Gasteiger partial charge in [-0.2, -0.15) is 13.2 Å². The Morgan fingerprint density at radius 2 is 1.24 bits per heavy atom. The molecule has 25 heavy (non-hydrogen) atoms. The summed E-state index contributed by atoms with van der Waals surface area (Å²) in [5.74, 6) is -2.12. The van der Waals surface area contributed by atoms with Crippen LogP contribution in [0.15, 0.2) is 0 Å². The Balaban J connectivity index is 2.25. The van der Waals surface area contributed by atoms with Crippen LogP contribution in [0.25, 0.3) is 0 Å². The summed E-state index contributed by atoms with van der Waals surface area (Å²) in [4.78, 5) is 11.6. The van der Waals surface area contributed by atoms with Crippen molar-refractivity contribution in [3.05, 3.63) is 0 Å². The Morgan fingerprint density at radius 3 is 1.56 bits per heavy atom. The maximum absolute atomic E-state index is 13.7. The molecular weight excluding hydrogens is 354 g/mol. The van der Waals surface area contributed by atoms with Crippen molar-refractivity contribution in [3.8, 4) is 0 Å². The van der Waals surface area contributed by atoms with Crippen molar-refractivity contribution in [2.75, 3.05) is 14.1 Å². The number of alkyl halides is 3. The number of halogens is 3. The van der Waals surface area contributed by atoms with Crippen LogP contribution in [0, 0.1) is 0 Å². The summed E-state index contributed by atoms with van der Waals surface area (Å²) in [5.41, 5.74) is 0. The first-order chi connectivity index (χ1) is 11.7. The zero-order chi connectivity index (χ0) is 18.7. The summed E-state index contributed by atoms with van der Waals surface area (Å²) in [6, 6.07) is -0.140. The average Bonchev–Trinajstić information content (AvgIpc) is 2.61. The summed E-state index contributed by atoms with van der Waals surface area (Å²) in [7, 11) is -0.664. The smallest absolute Gasteiger partial charge is 0.275 e. The standard InChI is InChI=1S/C16H29F3N3O2P/c1-21(13-9-5-3-6-10-13)25(24,20-15(23)16(17,18)19)22(2)14-11-7-4-8-12-14/h13-14H,3-12H2,1-2H3,(H,20,23,24). The maximum atomic E-state index is 13.7. The van der Waals surface area contributed by atoms with E-state index in [4.69, 9.17) is 0 Å². The number of nitrogens with zero attached hydrogens (tertiary/aromatic N) is 2. The molecule has 5 nitrogen and oxygen atoms in total. The third kappa shape index (κ3) is 4.98. The topological polar surface area (TPSA) is 52.7 Å². The monoisotopic (exact) mass is 383 g/mol. The molecular formula is C16H29F3N3O2P. The first kappa shape index (κ1) is 20.7. The number of hydrogen-bond acceptors (Lipinski definition) is 2. The predicted octanol–water partition coefficient (Wildman–Crippen LogP) is 4.30. The number of amides is 1. The van der Waals surface area contributed by atoms with Crippen LogP contribution < -0.4 is 5.09 Å². The second-order valence-electron chi connectivity index (χ2n) is 7.21. The lowest BCUT2D eigenvalue weighted by atomic mass is 9.96. The molecule has 2 fully saturated rings. The van der Waals surface area contributed by atoms with Gasteiger partial charge in [-0.3, -0.25) is 14.4 Å². The number of nitrogens with one attached hydrogen (secondary N) is 1. The molecule has 9 heteroatoms. The number of carbonyl (C=O) groups is 1. The van der Waals surface area contributed by atoms with Gasteiger partial charge in [0.15, 0.2) is 0 Å². The van der Waals surface area contributed by atoms with Gasteiger partial charge in [-0.05, 0) is 39.8 Å². The Morgan fingerprint density at radius 1 is 0.880 bits per heavy atom. The number of rotatable bonds is 5. The van der Waals surface area contributed by atoms with E-state index in [1.54, 1.807) is 14.1 Å². The Kier molecular flexibility index (Phi) is 6.96. The highest BCUT2D eigenvalue weighted by molar-refractivity contribution is 7.57. The molecule has 0 aromatic rings. The minimum absolute atomic E-state index is 0.0702. The fourth-order valence-corrected chi connectivity index (χ4v) is 6.43. The molecule has 0 aliphatic heterocycles. The summed E-state index contributed by atoms with van der Waals surface area (Å²) in [6.45, 7) is 0. The van der Waals surface area contributed by atoms with Crippen LogP contribution in [0.5, 0.6) is 0 Å². The zero-order valence-electron chi connectivity index (χ0n) is 15.0. The minimum atomic E-state index is -5.05. The Hall–Kier alpha value is -0.590. The van der Waals surface area contributed by atoms with E-state index in [1.807, 2.05) is 5.09 Å². The van der Waals surface area contributed by atoms with E-state index in [0.29, 0.717) is 0 Å². The highest BCUT2D eigenvalue weighted by atomic mass is 31.2. The first-order valence-corrected chi connectivity index (χ1v) is 10.7. The van der Waals surface area contributed by atoms with E-state index in [0.717, 1.165) is 64.2 Å². The average molecular weight is 383 g/mol. The summed E-state index contributed by atoms with van der Waals surface area (Å²) in [6.07, 6.45) is 4.17. The minimum Gasteiger partial charge on any atom is -0.275 e. The van der Waals surface area contributed by atoms with Crippen molar-refractivity contribution in [3.63, 3.8) is 0 Å². The van der Waals surface area contributed by atoms with Gasteiger partial charge in [0.05, 0.1) is 0 Å². The van der Waals surface area contributed by atoms with Crippen LogP contribution >= 0.6 is 7.59 Å². The summed E-state index contributed by atoms with van der Waals surface area (Å²) >= 11 is 0. The van der Waals surface area contributed by atoms with Gasteiger partial charge < -0.3 is 0 Å². The molecule has 0 saturated heterocycles. The van der Waals surface area contributed by atoms with Crippen LogP contribution in [0.3, 0.4) is 0 Å². The number of hydrogen-bond donors (Lipinski definition) is 1. The first-order valence-electron chi connectivity index (χ1n) is 9.12. The fraction of sp³-hybridized carbons (Fsp3) is 0.938. The van der Waals surface area contributed by atoms with Gasteiger partial charge in [0, 0.05) is 12.1 Å². The van der Waals surface area contributed by atoms with Gasteiger partial charge in [0.2, 0.25) is 0 Å². The third-order valence-electron chi connectivity index (χ3n) is 5.57. The molecule has 1 amide bonds. The van der Waals surface area contributed by atoms with E-state index < -0.39 is 19.7 Å². The van der Waals surface area contributed by atoms with E-state index in [2.05, 4.69) is 0 Å². The molecule has 2 aliphatic carbocycles. The van der Waals surface area contributed by atoms with Crippen molar-refractivity contribution >= 4 is 13.5 Å². The molecule has 2 saturated carbocycles. The molecule has 0 atom stereocenters. The van der Waals surface area contributed by atoms with E-state index in [1.165, 1.54) is 9.34 Å². The highest BCUT2D eigenvalue weighted by Crippen LogP contribution is 2.53. The quantitative estimate of drug-likeness (QED) is 0.719. The molecule has 2 aliphatic rings. The van der Waals surface area contributed by atoms with Crippen molar-refractivity contribution in [2.24, 2.45) is 0 Å². The van der Waals surface area contributed by atoms with Crippen molar-refractivity contribution < 1.29 is 22.5 Å². The van der Waals surface area contributed by atoms with E-state index in [-0.39, 0.29) is 12.1 Å². The lowest BCUT2D eigenvalue weighted by Gasteiger charge is -2.44. The molecule has 0 spiro atoms. The summed E-state index contributed by atoms with van der Waals surface area (Å²) < 4.78 is 55.2. The highest BCUT2D eigenvalue weighted by Gasteiger charge is 2.48. The zero-order valence-corrected chi connectivity index (χ0v) is 15.9. The number of carbonyl (C=O) groups excluding carboxylic acids is 1. The normalized spacial score (nSPS) is 21.7. The lowest BCUT2D eigenvalue weighted by molar-refractivity contribution is -0.171. The summed E-state index contributed by atoms with van der Waals surface area (Å²) in [5, 5.41) is 1.87. The molecule has 0 unspecified atom stereocenters. The molecule has 0 bridgehead atoms. The molecule has 0 aromatic carbocycles. The van der Waals surface area contributed by atoms with E-state index >= 15 is 0 Å². The van der Waals surface area contributed by atoms with Crippen LogP contribution in [0.4, 0.5) is 13.2 Å². The van der Waals surface area contributed by atoms with Crippen molar-refractivity contribution in [1.29, 1.82) is 0 Å². The van der Waals surface area contributed by atoms with Crippen molar-refractivity contribution in [2.45, 2.75) is 82.5 Å². The second-order valence-corrected chi connectivity index (χ2v) is 9.79.